The zero-order valence-electron chi connectivity index (χ0n) is 23.2. The van der Waals surface area contributed by atoms with Gasteiger partial charge < -0.3 is 9.29 Å². The molecule has 0 fully saturated rings. The number of thiophene rings is 1. The molecule has 0 bridgehead atoms. The van der Waals surface area contributed by atoms with Gasteiger partial charge in [0.25, 0.3) is 0 Å². The zero-order chi connectivity index (χ0) is 30.2. The van der Waals surface area contributed by atoms with Crippen molar-refractivity contribution in [3.8, 4) is 17.2 Å². The number of rotatable bonds is 6. The predicted octanol–water partition coefficient (Wildman–Crippen LogP) is 8.45. The van der Waals surface area contributed by atoms with E-state index in [1.165, 1.54) is 54.8 Å². The number of hydrogen-bond acceptors (Lipinski definition) is 5. The summed E-state index contributed by atoms with van der Waals surface area (Å²) in [6, 6.07) is 19.2. The normalized spacial score (nSPS) is 13.8. The van der Waals surface area contributed by atoms with Gasteiger partial charge in [-0.15, -0.1) is 11.3 Å². The number of ether oxygens (including phenoxy) is 1. The van der Waals surface area contributed by atoms with E-state index in [1.54, 1.807) is 27.6 Å². The molecule has 1 aliphatic rings. The monoisotopic (exact) mass is 610 g/mol. The molecule has 0 spiro atoms. The molecule has 5 aromatic rings. The predicted molar refractivity (Wildman–Crippen MR) is 166 cm³/mol. The summed E-state index contributed by atoms with van der Waals surface area (Å²) in [4.78, 5) is 12.9. The zero-order valence-corrected chi connectivity index (χ0v) is 24.8. The van der Waals surface area contributed by atoms with Crippen LogP contribution in [0.5, 0.6) is 0 Å². The smallest absolute Gasteiger partial charge is 0.337 e. The highest BCUT2D eigenvalue weighted by atomic mass is 32.2. The minimum atomic E-state index is -1.84. The molecular formula is C34H24F2N2O3S2. The number of carbonyl (C=O) groups is 1. The standard InChI is InChI=1S/C34H24F2N2O3S2/c1-20-16-23(34(39)41-2)6-12-27(20)21-4-3-5-22(17-21)33-32(28-14-15-42-31(28)19-37)29-18-25(36)9-13-30(29)38(33)43(40)26-10-7-24(35)8-11-26/h5-18H,3-4H2,1-2H3. The van der Waals surface area contributed by atoms with Gasteiger partial charge in [0, 0.05) is 16.5 Å². The van der Waals surface area contributed by atoms with Crippen LogP contribution in [-0.4, -0.2) is 21.6 Å². The largest absolute Gasteiger partial charge is 0.587 e. The molecule has 0 aliphatic heterocycles. The van der Waals surface area contributed by atoms with Crippen LogP contribution in [0.15, 0.2) is 89.2 Å². The Hall–Kier alpha value is -4.49. The molecule has 0 amide bonds. The Bertz CT molecular complexity index is 2000. The molecule has 0 N–H and O–H groups in total. The van der Waals surface area contributed by atoms with Crippen molar-refractivity contribution in [2.75, 3.05) is 7.11 Å². The van der Waals surface area contributed by atoms with Crippen molar-refractivity contribution in [3.63, 3.8) is 0 Å². The topological polar surface area (TPSA) is 78.1 Å². The van der Waals surface area contributed by atoms with Gasteiger partial charge in [-0.05, 0) is 114 Å². The second-order valence-electron chi connectivity index (χ2n) is 10.0. The molecule has 0 radical (unpaired) electrons. The number of fused-ring (bicyclic) bond motifs is 1. The van der Waals surface area contributed by atoms with E-state index in [0.29, 0.717) is 49.5 Å². The quantitative estimate of drug-likeness (QED) is 0.143. The number of allylic oxidation sites excluding steroid dienone is 4. The highest BCUT2D eigenvalue weighted by Crippen LogP contribution is 2.45. The summed E-state index contributed by atoms with van der Waals surface area (Å²) in [6.45, 7) is 1.93. The Balaban J connectivity index is 1.62. The summed E-state index contributed by atoms with van der Waals surface area (Å²) in [5.74, 6) is -1.33. The average Bonchev–Trinajstić information content (AvgIpc) is 3.62. The van der Waals surface area contributed by atoms with Crippen molar-refractivity contribution in [2.45, 2.75) is 24.7 Å². The van der Waals surface area contributed by atoms with Crippen LogP contribution in [0.1, 0.15) is 44.9 Å². The third kappa shape index (κ3) is 5.19. The van der Waals surface area contributed by atoms with E-state index < -0.39 is 29.0 Å². The Morgan fingerprint density at radius 1 is 1.05 bits per heavy atom. The molecule has 2 aromatic heterocycles. The van der Waals surface area contributed by atoms with E-state index in [1.807, 2.05) is 31.2 Å². The van der Waals surface area contributed by atoms with Crippen LogP contribution < -0.4 is 0 Å². The third-order valence-electron chi connectivity index (χ3n) is 7.48. The minimum absolute atomic E-state index is 0.371. The minimum Gasteiger partial charge on any atom is -0.587 e. The number of carbonyl (C=O) groups excluding carboxylic acids is 1. The first-order chi connectivity index (χ1) is 20.8. The molecule has 6 rings (SSSR count). The molecule has 0 saturated heterocycles. The Morgan fingerprint density at radius 2 is 1.81 bits per heavy atom. The van der Waals surface area contributed by atoms with Gasteiger partial charge in [0.15, 0.2) is 4.90 Å². The van der Waals surface area contributed by atoms with E-state index in [4.69, 9.17) is 4.74 Å². The van der Waals surface area contributed by atoms with Gasteiger partial charge in [-0.2, -0.15) is 9.23 Å². The van der Waals surface area contributed by atoms with Crippen molar-refractivity contribution in [1.29, 1.82) is 5.26 Å². The van der Waals surface area contributed by atoms with E-state index in [0.717, 1.165) is 28.7 Å². The van der Waals surface area contributed by atoms with Gasteiger partial charge in [0.2, 0.25) is 0 Å². The van der Waals surface area contributed by atoms with Crippen LogP contribution in [0.3, 0.4) is 0 Å². The fourth-order valence-electron chi connectivity index (χ4n) is 5.54. The number of esters is 1. The average molecular weight is 611 g/mol. The van der Waals surface area contributed by atoms with Gasteiger partial charge in [-0.1, -0.05) is 12.1 Å². The SMILES string of the molecule is COC(=O)c1ccc(C2=CC(c3c(-c4ccsc4C#N)c4cc(F)ccc4n3[S+]([O-])c3ccc(F)cc3)=CCC2)c(C)c1. The maximum atomic E-state index is 14.8. The molecule has 3 aromatic carbocycles. The fourth-order valence-corrected chi connectivity index (χ4v) is 7.51. The number of methoxy groups -OCH3 is 1. The molecule has 0 saturated carbocycles. The summed E-state index contributed by atoms with van der Waals surface area (Å²) >= 11 is -0.563. The molecule has 1 atom stereocenters. The van der Waals surface area contributed by atoms with Crippen LogP contribution >= 0.6 is 11.3 Å². The second kappa shape index (κ2) is 11.7. The number of nitriles is 1. The van der Waals surface area contributed by atoms with E-state index in [9.17, 15) is 23.4 Å². The second-order valence-corrected chi connectivity index (χ2v) is 12.3. The lowest BCUT2D eigenvalue weighted by atomic mass is 9.88. The number of benzene rings is 3. The maximum Gasteiger partial charge on any atom is 0.337 e. The number of aromatic nitrogens is 1. The molecule has 43 heavy (non-hydrogen) atoms. The molecule has 214 valence electrons. The lowest BCUT2D eigenvalue weighted by molar-refractivity contribution is 0.0600. The van der Waals surface area contributed by atoms with Gasteiger partial charge in [-0.25, -0.2) is 13.6 Å². The Kier molecular flexibility index (Phi) is 7.75. The fraction of sp³-hybridized carbons (Fsp3) is 0.118. The van der Waals surface area contributed by atoms with Crippen molar-refractivity contribution in [3.05, 3.63) is 123 Å². The maximum absolute atomic E-state index is 14.8. The van der Waals surface area contributed by atoms with E-state index >= 15 is 0 Å². The lowest BCUT2D eigenvalue weighted by Gasteiger charge is -2.20. The highest BCUT2D eigenvalue weighted by Gasteiger charge is 2.31. The first-order valence-corrected chi connectivity index (χ1v) is 15.4. The summed E-state index contributed by atoms with van der Waals surface area (Å²) in [6.07, 6.45) is 5.47. The molecule has 1 unspecified atom stereocenters. The van der Waals surface area contributed by atoms with Gasteiger partial charge in [0.1, 0.15) is 39.6 Å². The first-order valence-electron chi connectivity index (χ1n) is 13.4. The van der Waals surface area contributed by atoms with E-state index in [-0.39, 0.29) is 0 Å². The third-order valence-corrected chi connectivity index (χ3v) is 9.68. The molecular weight excluding hydrogens is 587 g/mol. The van der Waals surface area contributed by atoms with E-state index in [2.05, 4.69) is 6.07 Å². The van der Waals surface area contributed by atoms with Crippen molar-refractivity contribution < 1.29 is 22.9 Å². The first kappa shape index (κ1) is 28.6. The Labute approximate surface area is 254 Å². The number of aryl methyl sites for hydroxylation is 1. The summed E-state index contributed by atoms with van der Waals surface area (Å²) in [7, 11) is 1.34. The van der Waals surface area contributed by atoms with Crippen LogP contribution in [0.25, 0.3) is 33.2 Å². The number of nitrogens with zero attached hydrogens (tertiary/aromatic N) is 2. The molecule has 5 nitrogen and oxygen atoms in total. The van der Waals surface area contributed by atoms with Gasteiger partial charge >= 0.3 is 5.97 Å². The van der Waals surface area contributed by atoms with Gasteiger partial charge in [0.05, 0.1) is 18.2 Å². The molecule has 2 heterocycles. The summed E-state index contributed by atoms with van der Waals surface area (Å²) in [5.41, 5.74) is 6.39. The van der Waals surface area contributed by atoms with Crippen molar-refractivity contribution in [2.24, 2.45) is 0 Å². The lowest BCUT2D eigenvalue weighted by Crippen LogP contribution is -2.16. The Morgan fingerprint density at radius 3 is 2.53 bits per heavy atom. The van der Waals surface area contributed by atoms with Crippen LogP contribution in [-0.2, 0) is 16.1 Å². The number of halogens is 2. The van der Waals surface area contributed by atoms with Crippen LogP contribution in [0, 0.1) is 29.9 Å². The van der Waals surface area contributed by atoms with Crippen molar-refractivity contribution in [1.82, 2.24) is 3.97 Å². The van der Waals surface area contributed by atoms with Crippen LogP contribution in [0.4, 0.5) is 8.78 Å². The molecule has 9 heteroatoms. The summed E-state index contributed by atoms with van der Waals surface area (Å²) in [5, 5.41) is 12.3. The molecule has 1 aliphatic carbocycles. The summed E-state index contributed by atoms with van der Waals surface area (Å²) < 4.78 is 49.4. The van der Waals surface area contributed by atoms with Crippen LogP contribution in [0.2, 0.25) is 0 Å². The highest BCUT2D eigenvalue weighted by molar-refractivity contribution is 7.90. The van der Waals surface area contributed by atoms with Gasteiger partial charge in [-0.3, -0.25) is 0 Å². The van der Waals surface area contributed by atoms with Crippen molar-refractivity contribution >= 4 is 50.7 Å². The number of hydrogen-bond donors (Lipinski definition) is 0.